The highest BCUT2D eigenvalue weighted by Crippen LogP contribution is 2.40. The molecule has 1 aromatic heterocycles. The van der Waals surface area contributed by atoms with Crippen LogP contribution in [0.25, 0.3) is 17.3 Å². The van der Waals surface area contributed by atoms with Crippen LogP contribution in [0.2, 0.25) is 0 Å². The highest BCUT2D eigenvalue weighted by molar-refractivity contribution is 8.18. The van der Waals surface area contributed by atoms with E-state index in [2.05, 4.69) is 31.2 Å². The molecule has 202 valence electrons. The van der Waals surface area contributed by atoms with Crippen LogP contribution in [0, 0.1) is 6.92 Å². The summed E-state index contributed by atoms with van der Waals surface area (Å²) in [6.07, 6.45) is 7.45. The molecule has 4 aromatic rings. The molecule has 6 rings (SSSR count). The maximum atomic E-state index is 13.9. The number of thioether (sulfide) groups is 1. The monoisotopic (exact) mass is 565 g/mol. The van der Waals surface area contributed by atoms with Gasteiger partial charge in [-0.15, -0.1) is 11.3 Å². The molecule has 2 aliphatic rings. The van der Waals surface area contributed by atoms with Gasteiger partial charge in [-0.05, 0) is 49.2 Å². The third-order valence-electron chi connectivity index (χ3n) is 7.25. The van der Waals surface area contributed by atoms with Crippen LogP contribution in [-0.2, 0) is 11.4 Å². The number of rotatable bonds is 7. The van der Waals surface area contributed by atoms with Gasteiger partial charge in [0.05, 0.1) is 10.6 Å². The summed E-state index contributed by atoms with van der Waals surface area (Å²) < 4.78 is 6.20. The van der Waals surface area contributed by atoms with Crippen molar-refractivity contribution in [1.29, 1.82) is 0 Å². The van der Waals surface area contributed by atoms with Crippen LogP contribution in [0.5, 0.6) is 5.75 Å². The second kappa shape index (κ2) is 12.2. The molecule has 3 aromatic carbocycles. The smallest absolute Gasteiger partial charge is 0.267 e. The summed E-state index contributed by atoms with van der Waals surface area (Å²) in [5.74, 6) is 0.773. The van der Waals surface area contributed by atoms with Gasteiger partial charge in [-0.1, -0.05) is 97.6 Å². The highest BCUT2D eigenvalue weighted by Gasteiger charge is 2.39. The summed E-state index contributed by atoms with van der Waals surface area (Å²) in [5.41, 5.74) is 5.18. The SMILES string of the molecule is Cc1ccc(COc2ccccc2/C=C2\S/C(=N/c3nc(-c4ccccc4)cs3)N(C3CCCCC3)C2=O)cc1. The summed E-state index contributed by atoms with van der Waals surface area (Å²) in [4.78, 5) is 26.1. The Bertz CT molecular complexity index is 1540. The number of aliphatic imine (C=N–C) groups is 1. The topological polar surface area (TPSA) is 54.8 Å². The van der Waals surface area contributed by atoms with Crippen molar-refractivity contribution in [2.75, 3.05) is 0 Å². The van der Waals surface area contributed by atoms with Crippen molar-refractivity contribution in [1.82, 2.24) is 9.88 Å². The summed E-state index contributed by atoms with van der Waals surface area (Å²) >= 11 is 2.94. The van der Waals surface area contributed by atoms with Crippen molar-refractivity contribution >= 4 is 45.4 Å². The molecular formula is C33H31N3O2S2. The van der Waals surface area contributed by atoms with E-state index in [1.54, 1.807) is 0 Å². The Morgan fingerprint density at radius 3 is 2.52 bits per heavy atom. The second-order valence-electron chi connectivity index (χ2n) is 10.2. The molecule has 0 N–H and O–H groups in total. The molecule has 0 radical (unpaired) electrons. The van der Waals surface area contributed by atoms with Crippen LogP contribution in [-0.4, -0.2) is 27.0 Å². The minimum absolute atomic E-state index is 0.0174. The van der Waals surface area contributed by atoms with Crippen LogP contribution < -0.4 is 4.74 Å². The number of para-hydroxylation sites is 1. The Balaban J connectivity index is 1.28. The van der Waals surface area contributed by atoms with E-state index in [4.69, 9.17) is 14.7 Å². The predicted octanol–water partition coefficient (Wildman–Crippen LogP) is 8.63. The molecule has 2 fully saturated rings. The highest BCUT2D eigenvalue weighted by atomic mass is 32.2. The Hall–Kier alpha value is -3.68. The molecule has 5 nitrogen and oxygen atoms in total. The summed E-state index contributed by atoms with van der Waals surface area (Å²) in [5, 5.41) is 3.41. The number of carbonyl (C=O) groups excluding carboxylic acids is 1. The lowest BCUT2D eigenvalue weighted by molar-refractivity contribution is -0.124. The number of hydrogen-bond donors (Lipinski definition) is 0. The molecule has 0 atom stereocenters. The van der Waals surface area contributed by atoms with E-state index in [0.29, 0.717) is 16.6 Å². The molecule has 40 heavy (non-hydrogen) atoms. The van der Waals surface area contributed by atoms with Crippen molar-refractivity contribution in [3.8, 4) is 17.0 Å². The molecule has 0 spiro atoms. The standard InChI is InChI=1S/C33H31N3O2S2/c1-23-16-18-24(19-17-23)21-38-29-15-9-8-12-26(29)20-30-31(37)36(27-13-6-3-7-14-27)33(40-30)35-32-34-28(22-39-32)25-10-4-2-5-11-25/h2,4-5,8-12,15-20,22,27H,3,6-7,13-14,21H2,1H3/b30-20-,35-33+. The first-order valence-corrected chi connectivity index (χ1v) is 15.4. The quantitative estimate of drug-likeness (QED) is 0.211. The second-order valence-corrected chi connectivity index (χ2v) is 12.0. The van der Waals surface area contributed by atoms with Crippen molar-refractivity contribution in [3.05, 3.63) is 106 Å². The number of ether oxygens (including phenoxy) is 1. The Kier molecular flexibility index (Phi) is 8.11. The number of nitrogens with zero attached hydrogens (tertiary/aromatic N) is 3. The zero-order chi connectivity index (χ0) is 27.3. The molecule has 0 unspecified atom stereocenters. The maximum Gasteiger partial charge on any atom is 0.267 e. The molecule has 1 amide bonds. The van der Waals surface area contributed by atoms with Gasteiger partial charge in [0.25, 0.3) is 5.91 Å². The summed E-state index contributed by atoms with van der Waals surface area (Å²) in [7, 11) is 0. The summed E-state index contributed by atoms with van der Waals surface area (Å²) in [6.45, 7) is 2.55. The average Bonchev–Trinajstić information content (AvgIpc) is 3.58. The van der Waals surface area contributed by atoms with Crippen molar-refractivity contribution in [2.45, 2.75) is 51.7 Å². The lowest BCUT2D eigenvalue weighted by atomic mass is 9.94. The first kappa shape index (κ1) is 26.5. The molecular weight excluding hydrogens is 535 g/mol. The predicted molar refractivity (Wildman–Crippen MR) is 166 cm³/mol. The van der Waals surface area contributed by atoms with Gasteiger partial charge in [0.2, 0.25) is 5.13 Å². The van der Waals surface area contributed by atoms with E-state index in [1.807, 2.05) is 71.0 Å². The number of amides is 1. The number of hydrogen-bond acceptors (Lipinski definition) is 6. The Morgan fingerprint density at radius 1 is 0.975 bits per heavy atom. The number of amidine groups is 1. The fourth-order valence-electron chi connectivity index (χ4n) is 5.08. The maximum absolute atomic E-state index is 13.9. The van der Waals surface area contributed by atoms with Gasteiger partial charge in [-0.25, -0.2) is 4.98 Å². The first-order valence-electron chi connectivity index (χ1n) is 13.7. The molecule has 1 saturated carbocycles. The molecule has 7 heteroatoms. The number of aromatic nitrogens is 1. The van der Waals surface area contributed by atoms with Gasteiger partial charge in [-0.2, -0.15) is 4.99 Å². The van der Waals surface area contributed by atoms with E-state index in [0.717, 1.165) is 59.0 Å². The Labute approximate surface area is 243 Å². The number of thiazole rings is 1. The fourth-order valence-corrected chi connectivity index (χ4v) is 6.87. The molecule has 1 aliphatic carbocycles. The van der Waals surface area contributed by atoms with E-state index in [1.165, 1.54) is 35.1 Å². The van der Waals surface area contributed by atoms with Gasteiger partial charge >= 0.3 is 0 Å². The first-order chi connectivity index (χ1) is 19.6. The van der Waals surface area contributed by atoms with E-state index >= 15 is 0 Å². The largest absolute Gasteiger partial charge is 0.488 e. The van der Waals surface area contributed by atoms with Gasteiger partial charge < -0.3 is 4.74 Å². The van der Waals surface area contributed by atoms with Crippen molar-refractivity contribution < 1.29 is 9.53 Å². The number of carbonyl (C=O) groups is 1. The average molecular weight is 566 g/mol. The van der Waals surface area contributed by atoms with Crippen molar-refractivity contribution in [2.24, 2.45) is 4.99 Å². The van der Waals surface area contributed by atoms with E-state index in [-0.39, 0.29) is 11.9 Å². The van der Waals surface area contributed by atoms with Crippen molar-refractivity contribution in [3.63, 3.8) is 0 Å². The van der Waals surface area contributed by atoms with Crippen LogP contribution in [0.1, 0.15) is 48.8 Å². The fraction of sp³-hybridized carbons (Fsp3) is 0.242. The van der Waals surface area contributed by atoms with Gasteiger partial charge in [-0.3, -0.25) is 9.69 Å². The lowest BCUT2D eigenvalue weighted by Crippen LogP contribution is -2.40. The Morgan fingerprint density at radius 2 is 1.73 bits per heavy atom. The zero-order valence-electron chi connectivity index (χ0n) is 22.5. The lowest BCUT2D eigenvalue weighted by Gasteiger charge is -2.30. The third kappa shape index (κ3) is 6.06. The minimum atomic E-state index is 0.0174. The molecule has 0 bridgehead atoms. The van der Waals surface area contributed by atoms with Gasteiger partial charge in [0, 0.05) is 22.5 Å². The van der Waals surface area contributed by atoms with Crippen LogP contribution in [0.4, 0.5) is 5.13 Å². The van der Waals surface area contributed by atoms with Crippen LogP contribution >= 0.6 is 23.1 Å². The van der Waals surface area contributed by atoms with E-state index in [9.17, 15) is 4.79 Å². The van der Waals surface area contributed by atoms with Gasteiger partial charge in [0.15, 0.2) is 5.17 Å². The third-order valence-corrected chi connectivity index (χ3v) is 8.97. The van der Waals surface area contributed by atoms with Gasteiger partial charge in [0.1, 0.15) is 12.4 Å². The number of aryl methyl sites for hydroxylation is 1. The molecule has 2 heterocycles. The minimum Gasteiger partial charge on any atom is -0.488 e. The van der Waals surface area contributed by atoms with Crippen LogP contribution in [0.3, 0.4) is 0 Å². The number of benzene rings is 3. The summed E-state index contributed by atoms with van der Waals surface area (Å²) in [6, 6.07) is 26.5. The normalized spacial score (nSPS) is 18.1. The van der Waals surface area contributed by atoms with E-state index < -0.39 is 0 Å². The zero-order valence-corrected chi connectivity index (χ0v) is 24.1. The molecule has 1 saturated heterocycles. The molecule has 1 aliphatic heterocycles. The van der Waals surface area contributed by atoms with Crippen LogP contribution in [0.15, 0.2) is 94.1 Å².